The summed E-state index contributed by atoms with van der Waals surface area (Å²) < 4.78 is 0. The van der Waals surface area contributed by atoms with Crippen molar-refractivity contribution >= 4 is 0 Å². The van der Waals surface area contributed by atoms with Crippen LogP contribution < -0.4 is 0 Å². The highest BCUT2D eigenvalue weighted by molar-refractivity contribution is 5.06. The molecule has 0 fully saturated rings. The van der Waals surface area contributed by atoms with E-state index in [1.54, 1.807) is 0 Å². The Morgan fingerprint density at radius 3 is 2.35 bits per heavy atom. The minimum absolute atomic E-state index is 0.474. The molecule has 0 nitrogen and oxygen atoms in total. The van der Waals surface area contributed by atoms with Crippen LogP contribution in [0.4, 0.5) is 0 Å². The Morgan fingerprint density at radius 2 is 1.88 bits per heavy atom. The van der Waals surface area contributed by atoms with Crippen LogP contribution in [0.25, 0.3) is 0 Å². The minimum atomic E-state index is 0.474. The molecule has 0 bridgehead atoms. The second-order valence-corrected chi connectivity index (χ2v) is 6.37. The van der Waals surface area contributed by atoms with Crippen molar-refractivity contribution in [1.29, 1.82) is 0 Å². The summed E-state index contributed by atoms with van der Waals surface area (Å²) in [6.07, 6.45) is 12.0. The molecular formula is C17H32. The Labute approximate surface area is 109 Å². The molecule has 1 unspecified atom stereocenters. The van der Waals surface area contributed by atoms with Gasteiger partial charge in [-0.1, -0.05) is 64.8 Å². The van der Waals surface area contributed by atoms with Crippen LogP contribution in [0.3, 0.4) is 0 Å². The lowest BCUT2D eigenvalue weighted by Gasteiger charge is -2.22. The number of hydrogen-bond donors (Lipinski definition) is 0. The molecule has 0 aromatic rings. The Morgan fingerprint density at radius 1 is 1.24 bits per heavy atom. The van der Waals surface area contributed by atoms with Crippen LogP contribution >= 0.6 is 0 Å². The second kappa shape index (κ2) is 8.55. The van der Waals surface area contributed by atoms with E-state index in [0.717, 1.165) is 12.3 Å². The molecule has 0 N–H and O–H groups in total. The predicted octanol–water partition coefficient (Wildman–Crippen LogP) is 6.14. The van der Waals surface area contributed by atoms with Crippen LogP contribution in [0.15, 0.2) is 24.3 Å². The van der Waals surface area contributed by atoms with Crippen LogP contribution in [0.1, 0.15) is 73.1 Å². The van der Waals surface area contributed by atoms with Gasteiger partial charge in [-0.15, -0.1) is 0 Å². The molecule has 0 saturated carbocycles. The lowest BCUT2D eigenvalue weighted by Crippen LogP contribution is -2.08. The van der Waals surface area contributed by atoms with Crippen molar-refractivity contribution < 1.29 is 0 Å². The number of rotatable bonds is 8. The molecule has 100 valence electrons. The third kappa shape index (κ3) is 9.21. The maximum Gasteiger partial charge on any atom is -0.0139 e. The van der Waals surface area contributed by atoms with Crippen LogP contribution in [0, 0.1) is 11.3 Å². The van der Waals surface area contributed by atoms with E-state index in [1.165, 1.54) is 37.7 Å². The Bertz CT molecular complexity index is 227. The first-order valence-electron chi connectivity index (χ1n) is 7.19. The van der Waals surface area contributed by atoms with Crippen molar-refractivity contribution in [2.24, 2.45) is 11.3 Å². The largest absolute Gasteiger partial charge is 0.0993 e. The molecule has 0 saturated heterocycles. The zero-order chi connectivity index (χ0) is 13.3. The third-order valence-electron chi connectivity index (χ3n) is 3.31. The van der Waals surface area contributed by atoms with E-state index >= 15 is 0 Å². The molecule has 0 heteroatoms. The highest BCUT2D eigenvalue weighted by Crippen LogP contribution is 2.28. The van der Waals surface area contributed by atoms with Crippen LogP contribution in [-0.4, -0.2) is 0 Å². The molecule has 0 spiro atoms. The van der Waals surface area contributed by atoms with Gasteiger partial charge < -0.3 is 0 Å². The topological polar surface area (TPSA) is 0 Å². The first kappa shape index (κ1) is 16.5. The lowest BCUT2D eigenvalue weighted by atomic mass is 9.84. The van der Waals surface area contributed by atoms with Gasteiger partial charge in [-0.25, -0.2) is 0 Å². The molecule has 0 radical (unpaired) electrons. The summed E-state index contributed by atoms with van der Waals surface area (Å²) in [4.78, 5) is 0. The van der Waals surface area contributed by atoms with Crippen molar-refractivity contribution in [1.82, 2.24) is 0 Å². The van der Waals surface area contributed by atoms with Gasteiger partial charge in [-0.05, 0) is 43.9 Å². The molecule has 0 aromatic heterocycles. The van der Waals surface area contributed by atoms with E-state index in [4.69, 9.17) is 0 Å². The van der Waals surface area contributed by atoms with Gasteiger partial charge in [0.05, 0.1) is 0 Å². The lowest BCUT2D eigenvalue weighted by molar-refractivity contribution is 0.341. The first-order valence-corrected chi connectivity index (χ1v) is 7.19. The molecule has 0 heterocycles. The molecule has 0 aliphatic carbocycles. The maximum atomic E-state index is 4.27. The first-order chi connectivity index (χ1) is 7.90. The van der Waals surface area contributed by atoms with Gasteiger partial charge in [-0.2, -0.15) is 0 Å². The third-order valence-corrected chi connectivity index (χ3v) is 3.31. The van der Waals surface area contributed by atoms with Gasteiger partial charge in [-0.3, -0.25) is 0 Å². The van der Waals surface area contributed by atoms with Gasteiger partial charge in [0, 0.05) is 0 Å². The zero-order valence-corrected chi connectivity index (χ0v) is 12.7. The van der Waals surface area contributed by atoms with Gasteiger partial charge in [0.2, 0.25) is 0 Å². The van der Waals surface area contributed by atoms with Crippen molar-refractivity contribution in [3.63, 3.8) is 0 Å². The Kier molecular flexibility index (Phi) is 8.29. The minimum Gasteiger partial charge on any atom is -0.0993 e. The number of allylic oxidation sites excluding steroid dienone is 3. The Balaban J connectivity index is 4.10. The van der Waals surface area contributed by atoms with E-state index in [-0.39, 0.29) is 0 Å². The summed E-state index contributed by atoms with van der Waals surface area (Å²) in [5, 5.41) is 0. The van der Waals surface area contributed by atoms with E-state index in [0.29, 0.717) is 5.41 Å². The second-order valence-electron chi connectivity index (χ2n) is 6.37. The van der Waals surface area contributed by atoms with Crippen molar-refractivity contribution in [2.45, 2.75) is 73.1 Å². The van der Waals surface area contributed by atoms with E-state index in [9.17, 15) is 0 Å². The quantitative estimate of drug-likeness (QED) is 0.444. The summed E-state index contributed by atoms with van der Waals surface area (Å²) >= 11 is 0. The molecule has 0 rings (SSSR count). The fourth-order valence-electron chi connectivity index (χ4n) is 2.22. The molecule has 17 heavy (non-hydrogen) atoms. The highest BCUT2D eigenvalue weighted by atomic mass is 14.2. The molecular weight excluding hydrogens is 204 g/mol. The van der Waals surface area contributed by atoms with Gasteiger partial charge in [0.1, 0.15) is 0 Å². The summed E-state index contributed by atoms with van der Waals surface area (Å²) in [5.41, 5.74) is 1.90. The molecule has 0 aromatic carbocycles. The monoisotopic (exact) mass is 236 g/mol. The zero-order valence-electron chi connectivity index (χ0n) is 12.7. The fourth-order valence-corrected chi connectivity index (χ4v) is 2.22. The van der Waals surface area contributed by atoms with Gasteiger partial charge in [0.15, 0.2) is 0 Å². The summed E-state index contributed by atoms with van der Waals surface area (Å²) in [6, 6.07) is 0. The van der Waals surface area contributed by atoms with Crippen molar-refractivity contribution in [2.75, 3.05) is 0 Å². The van der Waals surface area contributed by atoms with Crippen LogP contribution in [0.2, 0.25) is 0 Å². The average molecular weight is 236 g/mol. The summed E-state index contributed by atoms with van der Waals surface area (Å²) in [5.74, 6) is 0.735. The Hall–Kier alpha value is -0.520. The molecule has 0 amide bonds. The van der Waals surface area contributed by atoms with Crippen molar-refractivity contribution in [3.8, 4) is 0 Å². The predicted molar refractivity (Wildman–Crippen MR) is 80.3 cm³/mol. The van der Waals surface area contributed by atoms with Gasteiger partial charge in [0.25, 0.3) is 0 Å². The molecule has 0 aliphatic heterocycles. The highest BCUT2D eigenvalue weighted by Gasteiger charge is 2.14. The summed E-state index contributed by atoms with van der Waals surface area (Å²) in [6.45, 7) is 15.6. The smallest absolute Gasteiger partial charge is 0.0139 e. The fraction of sp³-hybridized carbons (Fsp3) is 0.765. The van der Waals surface area contributed by atoms with Crippen LogP contribution in [0.5, 0.6) is 0 Å². The van der Waals surface area contributed by atoms with Gasteiger partial charge >= 0.3 is 0 Å². The van der Waals surface area contributed by atoms with E-state index < -0.39 is 0 Å². The van der Waals surface area contributed by atoms with Crippen LogP contribution in [-0.2, 0) is 0 Å². The SMILES string of the molecule is C=C(CC=CC)C(CCC)CCCC(C)(C)C. The van der Waals surface area contributed by atoms with E-state index in [2.05, 4.69) is 53.3 Å². The van der Waals surface area contributed by atoms with Crippen molar-refractivity contribution in [3.05, 3.63) is 24.3 Å². The molecule has 0 aliphatic rings. The standard InChI is InChI=1S/C17H32/c1-7-9-12-15(3)16(11-8-2)13-10-14-17(4,5)6/h7,9,16H,3,8,10-14H2,1-2,4-6H3. The van der Waals surface area contributed by atoms with E-state index in [1.807, 2.05) is 0 Å². The molecule has 1 atom stereocenters. The summed E-state index contributed by atoms with van der Waals surface area (Å²) in [7, 11) is 0. The normalized spacial score (nSPS) is 14.2. The number of hydrogen-bond acceptors (Lipinski definition) is 0. The average Bonchev–Trinajstić information content (AvgIpc) is 2.23. The maximum absolute atomic E-state index is 4.27.